The van der Waals surface area contributed by atoms with Crippen molar-refractivity contribution in [2.24, 2.45) is 5.73 Å². The van der Waals surface area contributed by atoms with Gasteiger partial charge in [-0.25, -0.2) is 0 Å². The van der Waals surface area contributed by atoms with Crippen molar-refractivity contribution in [2.75, 3.05) is 24.6 Å². The quantitative estimate of drug-likeness (QED) is 0.670. The number of hydrogen-bond acceptors (Lipinski definition) is 3. The third-order valence-electron chi connectivity index (χ3n) is 2.53. The number of nitrogens with one attached hydrogen (secondary N) is 1. The maximum Gasteiger partial charge on any atom is 0.229 e. The zero-order chi connectivity index (χ0) is 13.1. The molecule has 0 saturated carbocycles. The molecule has 0 aliphatic carbocycles. The lowest BCUT2D eigenvalue weighted by molar-refractivity contribution is -0.118. The number of hydrogen-bond donors (Lipinski definition) is 2. The van der Waals surface area contributed by atoms with Crippen LogP contribution in [0.5, 0.6) is 0 Å². The first kappa shape index (κ1) is 15.1. The van der Waals surface area contributed by atoms with Crippen molar-refractivity contribution in [2.45, 2.75) is 19.3 Å². The molecule has 0 spiro atoms. The first-order chi connectivity index (χ1) is 8.83. The number of carbonyl (C=O) groups excluding carboxylic acids is 1. The third kappa shape index (κ3) is 7.35. The van der Waals surface area contributed by atoms with Crippen LogP contribution in [0.25, 0.3) is 0 Å². The SMILES string of the molecule is NCCCSCC(=O)NCCCc1ccccc1. The van der Waals surface area contributed by atoms with Crippen LogP contribution in [0.3, 0.4) is 0 Å². The predicted octanol–water partition coefficient (Wildman–Crippen LogP) is 1.82. The molecular weight excluding hydrogens is 244 g/mol. The average molecular weight is 266 g/mol. The Morgan fingerprint density at radius 2 is 2.00 bits per heavy atom. The Kier molecular flexibility index (Phi) is 8.34. The van der Waals surface area contributed by atoms with Crippen molar-refractivity contribution >= 4 is 17.7 Å². The van der Waals surface area contributed by atoms with E-state index in [0.717, 1.165) is 31.6 Å². The maximum absolute atomic E-state index is 11.5. The highest BCUT2D eigenvalue weighted by atomic mass is 32.2. The van der Waals surface area contributed by atoms with E-state index in [1.807, 2.05) is 18.2 Å². The summed E-state index contributed by atoms with van der Waals surface area (Å²) in [5, 5.41) is 2.94. The molecule has 4 heteroatoms. The highest BCUT2D eigenvalue weighted by Gasteiger charge is 2.00. The normalized spacial score (nSPS) is 10.3. The van der Waals surface area contributed by atoms with Gasteiger partial charge < -0.3 is 11.1 Å². The predicted molar refractivity (Wildman–Crippen MR) is 78.8 cm³/mol. The maximum atomic E-state index is 11.5. The molecule has 0 atom stereocenters. The monoisotopic (exact) mass is 266 g/mol. The van der Waals surface area contributed by atoms with E-state index in [1.54, 1.807) is 11.8 Å². The topological polar surface area (TPSA) is 55.1 Å². The summed E-state index contributed by atoms with van der Waals surface area (Å²) in [7, 11) is 0. The summed E-state index contributed by atoms with van der Waals surface area (Å²) in [4.78, 5) is 11.5. The van der Waals surface area contributed by atoms with Gasteiger partial charge in [-0.15, -0.1) is 0 Å². The smallest absolute Gasteiger partial charge is 0.229 e. The van der Waals surface area contributed by atoms with Gasteiger partial charge in [0.1, 0.15) is 0 Å². The van der Waals surface area contributed by atoms with Crippen molar-refractivity contribution in [3.63, 3.8) is 0 Å². The van der Waals surface area contributed by atoms with Gasteiger partial charge >= 0.3 is 0 Å². The van der Waals surface area contributed by atoms with Crippen molar-refractivity contribution < 1.29 is 4.79 Å². The molecule has 0 heterocycles. The molecule has 0 unspecified atom stereocenters. The van der Waals surface area contributed by atoms with Crippen LogP contribution in [0.4, 0.5) is 0 Å². The molecule has 1 aromatic carbocycles. The minimum Gasteiger partial charge on any atom is -0.355 e. The van der Waals surface area contributed by atoms with Crippen LogP contribution in [0, 0.1) is 0 Å². The summed E-state index contributed by atoms with van der Waals surface area (Å²) < 4.78 is 0. The van der Waals surface area contributed by atoms with Gasteiger partial charge in [0.25, 0.3) is 0 Å². The standard InChI is InChI=1S/C14H22N2OS/c15-9-5-11-18-12-14(17)16-10-4-8-13-6-2-1-3-7-13/h1-3,6-7H,4-5,8-12,15H2,(H,16,17). The first-order valence-corrected chi connectivity index (χ1v) is 7.57. The van der Waals surface area contributed by atoms with E-state index < -0.39 is 0 Å². The third-order valence-corrected chi connectivity index (χ3v) is 3.58. The number of benzene rings is 1. The Balaban J connectivity index is 1.99. The molecule has 0 saturated heterocycles. The van der Waals surface area contributed by atoms with Crippen LogP contribution in [-0.2, 0) is 11.2 Å². The van der Waals surface area contributed by atoms with Gasteiger partial charge in [0.2, 0.25) is 5.91 Å². The molecule has 0 aliphatic rings. The molecule has 0 bridgehead atoms. The fourth-order valence-electron chi connectivity index (χ4n) is 1.57. The molecule has 18 heavy (non-hydrogen) atoms. The zero-order valence-corrected chi connectivity index (χ0v) is 11.5. The largest absolute Gasteiger partial charge is 0.355 e. The van der Waals surface area contributed by atoms with Gasteiger partial charge in [-0.1, -0.05) is 30.3 Å². The number of nitrogens with two attached hydrogens (primary N) is 1. The van der Waals surface area contributed by atoms with E-state index in [1.165, 1.54) is 5.56 Å². The lowest BCUT2D eigenvalue weighted by atomic mass is 10.1. The van der Waals surface area contributed by atoms with E-state index in [0.29, 0.717) is 12.3 Å². The first-order valence-electron chi connectivity index (χ1n) is 6.41. The number of thioether (sulfide) groups is 1. The van der Waals surface area contributed by atoms with E-state index >= 15 is 0 Å². The van der Waals surface area contributed by atoms with Crippen molar-refractivity contribution in [1.29, 1.82) is 0 Å². The minimum atomic E-state index is 0.130. The second-order valence-corrected chi connectivity index (χ2v) is 5.24. The summed E-state index contributed by atoms with van der Waals surface area (Å²) >= 11 is 1.65. The van der Waals surface area contributed by atoms with Crippen LogP contribution >= 0.6 is 11.8 Å². The van der Waals surface area contributed by atoms with Crippen LogP contribution in [0.15, 0.2) is 30.3 Å². The summed E-state index contributed by atoms with van der Waals surface area (Å²) in [5.74, 6) is 1.64. The van der Waals surface area contributed by atoms with Gasteiger partial charge in [0, 0.05) is 6.54 Å². The Morgan fingerprint density at radius 3 is 2.72 bits per heavy atom. The molecule has 3 nitrogen and oxygen atoms in total. The van der Waals surface area contributed by atoms with Gasteiger partial charge in [-0.2, -0.15) is 11.8 Å². The fraction of sp³-hybridized carbons (Fsp3) is 0.500. The van der Waals surface area contributed by atoms with Crippen molar-refractivity contribution in [1.82, 2.24) is 5.32 Å². The Bertz CT molecular complexity index is 330. The number of aryl methyl sites for hydroxylation is 1. The van der Waals surface area contributed by atoms with Gasteiger partial charge in [-0.3, -0.25) is 4.79 Å². The molecule has 0 aliphatic heterocycles. The van der Waals surface area contributed by atoms with Crippen molar-refractivity contribution in [3.8, 4) is 0 Å². The molecule has 0 fully saturated rings. The van der Waals surface area contributed by atoms with E-state index in [4.69, 9.17) is 5.73 Å². The molecule has 100 valence electrons. The Morgan fingerprint density at radius 1 is 1.22 bits per heavy atom. The fourth-order valence-corrected chi connectivity index (χ4v) is 2.37. The summed E-state index contributed by atoms with van der Waals surface area (Å²) in [6.45, 7) is 1.46. The van der Waals surface area contributed by atoms with Crippen LogP contribution < -0.4 is 11.1 Å². The van der Waals surface area contributed by atoms with Gasteiger partial charge in [0.05, 0.1) is 5.75 Å². The minimum absolute atomic E-state index is 0.130. The molecule has 0 radical (unpaired) electrons. The number of carbonyl (C=O) groups is 1. The second kappa shape index (κ2) is 9.97. The zero-order valence-electron chi connectivity index (χ0n) is 10.7. The Labute approximate surface area is 114 Å². The highest BCUT2D eigenvalue weighted by molar-refractivity contribution is 7.99. The molecule has 1 amide bonds. The lowest BCUT2D eigenvalue weighted by Gasteiger charge is -2.05. The second-order valence-electron chi connectivity index (χ2n) is 4.13. The summed E-state index contributed by atoms with van der Waals surface area (Å²) in [6, 6.07) is 10.3. The van der Waals surface area contributed by atoms with E-state index in [-0.39, 0.29) is 5.91 Å². The number of rotatable bonds is 9. The van der Waals surface area contributed by atoms with Crippen molar-refractivity contribution in [3.05, 3.63) is 35.9 Å². The highest BCUT2D eigenvalue weighted by Crippen LogP contribution is 2.02. The van der Waals surface area contributed by atoms with Gasteiger partial charge in [0.15, 0.2) is 0 Å². The molecule has 1 rings (SSSR count). The average Bonchev–Trinajstić information content (AvgIpc) is 2.41. The molecule has 3 N–H and O–H groups in total. The van der Waals surface area contributed by atoms with E-state index in [2.05, 4.69) is 17.4 Å². The Hall–Kier alpha value is -1.00. The van der Waals surface area contributed by atoms with E-state index in [9.17, 15) is 4.79 Å². The summed E-state index contributed by atoms with van der Waals surface area (Å²) in [5.41, 5.74) is 6.71. The van der Waals surface area contributed by atoms with Crippen LogP contribution in [0.2, 0.25) is 0 Å². The van der Waals surface area contributed by atoms with Crippen LogP contribution in [-0.4, -0.2) is 30.5 Å². The number of amides is 1. The van der Waals surface area contributed by atoms with Gasteiger partial charge in [-0.05, 0) is 37.1 Å². The lowest BCUT2D eigenvalue weighted by Crippen LogP contribution is -2.26. The molecular formula is C14H22N2OS. The summed E-state index contributed by atoms with van der Waals surface area (Å²) in [6.07, 6.45) is 2.98. The molecule has 1 aromatic rings. The van der Waals surface area contributed by atoms with Crippen LogP contribution in [0.1, 0.15) is 18.4 Å². The molecule has 0 aromatic heterocycles.